The van der Waals surface area contributed by atoms with Crippen molar-refractivity contribution in [2.45, 2.75) is 38.2 Å². The molecule has 1 aliphatic carbocycles. The lowest BCUT2D eigenvalue weighted by Gasteiger charge is -2.23. The monoisotopic (exact) mass is 226 g/mol. The van der Waals surface area contributed by atoms with E-state index in [2.05, 4.69) is 0 Å². The first-order valence-corrected chi connectivity index (χ1v) is 5.78. The van der Waals surface area contributed by atoms with Crippen LogP contribution in [0.25, 0.3) is 0 Å². The molecule has 82 valence electrons. The van der Waals surface area contributed by atoms with Crippen LogP contribution in [-0.2, 0) is 0 Å². The summed E-state index contributed by atoms with van der Waals surface area (Å²) in [6.45, 7) is 0. The van der Waals surface area contributed by atoms with Crippen molar-refractivity contribution in [2.75, 3.05) is 0 Å². The summed E-state index contributed by atoms with van der Waals surface area (Å²) >= 11 is 5.80. The van der Waals surface area contributed by atoms with Gasteiger partial charge in [0.2, 0.25) is 0 Å². The van der Waals surface area contributed by atoms with Crippen LogP contribution in [-0.4, -0.2) is 11.2 Å². The van der Waals surface area contributed by atoms with Crippen LogP contribution in [0.2, 0.25) is 5.02 Å². The molecule has 3 heteroatoms. The number of halogens is 1. The van der Waals surface area contributed by atoms with Crippen LogP contribution in [0.3, 0.4) is 0 Å². The highest BCUT2D eigenvalue weighted by molar-refractivity contribution is 6.32. The highest BCUT2D eigenvalue weighted by atomic mass is 35.5. The van der Waals surface area contributed by atoms with Crippen molar-refractivity contribution in [2.24, 2.45) is 0 Å². The van der Waals surface area contributed by atoms with Crippen molar-refractivity contribution in [3.05, 3.63) is 23.2 Å². The Morgan fingerprint density at radius 2 is 1.93 bits per heavy atom. The van der Waals surface area contributed by atoms with Crippen LogP contribution in [0.1, 0.15) is 32.1 Å². The average molecular weight is 227 g/mol. The van der Waals surface area contributed by atoms with Crippen molar-refractivity contribution in [1.82, 2.24) is 0 Å². The van der Waals surface area contributed by atoms with Gasteiger partial charge in [0.15, 0.2) is 0 Å². The van der Waals surface area contributed by atoms with Gasteiger partial charge in [0, 0.05) is 6.07 Å². The van der Waals surface area contributed by atoms with Gasteiger partial charge in [0.05, 0.1) is 11.1 Å². The number of hydrogen-bond acceptors (Lipinski definition) is 2. The number of ether oxygens (including phenoxy) is 1. The van der Waals surface area contributed by atoms with Crippen molar-refractivity contribution in [1.29, 1.82) is 0 Å². The highest BCUT2D eigenvalue weighted by Gasteiger charge is 2.15. The molecule has 0 spiro atoms. The lowest BCUT2D eigenvalue weighted by molar-refractivity contribution is 0.155. The minimum Gasteiger partial charge on any atom is -0.506 e. The first-order valence-electron chi connectivity index (χ1n) is 5.41. The predicted molar refractivity (Wildman–Crippen MR) is 60.6 cm³/mol. The Balaban J connectivity index is 2.00. The minimum atomic E-state index is 0.104. The molecule has 15 heavy (non-hydrogen) atoms. The third-order valence-electron chi connectivity index (χ3n) is 2.77. The van der Waals surface area contributed by atoms with E-state index >= 15 is 0 Å². The Bertz CT molecular complexity index is 332. The quantitative estimate of drug-likeness (QED) is 0.832. The maximum Gasteiger partial charge on any atom is 0.134 e. The number of benzene rings is 1. The van der Waals surface area contributed by atoms with Crippen LogP contribution in [0.4, 0.5) is 0 Å². The summed E-state index contributed by atoms with van der Waals surface area (Å²) in [5.41, 5.74) is 0. The van der Waals surface area contributed by atoms with E-state index in [1.54, 1.807) is 18.2 Å². The van der Waals surface area contributed by atoms with Gasteiger partial charge in [-0.2, -0.15) is 0 Å². The molecule has 0 heterocycles. The van der Waals surface area contributed by atoms with Gasteiger partial charge >= 0.3 is 0 Å². The fourth-order valence-corrected chi connectivity index (χ4v) is 2.11. The molecule has 1 saturated carbocycles. The highest BCUT2D eigenvalue weighted by Crippen LogP contribution is 2.29. The zero-order chi connectivity index (χ0) is 10.7. The van der Waals surface area contributed by atoms with Crippen molar-refractivity contribution < 1.29 is 9.84 Å². The Morgan fingerprint density at radius 1 is 1.20 bits per heavy atom. The van der Waals surface area contributed by atoms with Crippen LogP contribution in [0, 0.1) is 0 Å². The van der Waals surface area contributed by atoms with Gasteiger partial charge in [0.1, 0.15) is 11.5 Å². The van der Waals surface area contributed by atoms with E-state index in [4.69, 9.17) is 16.3 Å². The molecule has 0 aliphatic heterocycles. The summed E-state index contributed by atoms with van der Waals surface area (Å²) in [6.07, 6.45) is 6.37. The molecule has 1 aromatic carbocycles. The molecule has 0 aromatic heterocycles. The van der Waals surface area contributed by atoms with Gasteiger partial charge in [-0.3, -0.25) is 0 Å². The van der Waals surface area contributed by atoms with E-state index in [0.717, 1.165) is 18.6 Å². The average Bonchev–Trinajstić information content (AvgIpc) is 2.25. The molecule has 2 nitrogen and oxygen atoms in total. The smallest absolute Gasteiger partial charge is 0.134 e. The largest absolute Gasteiger partial charge is 0.506 e. The molecule has 0 saturated heterocycles. The molecular weight excluding hydrogens is 212 g/mol. The maximum absolute atomic E-state index is 9.26. The zero-order valence-electron chi connectivity index (χ0n) is 8.58. The second-order valence-electron chi connectivity index (χ2n) is 3.99. The Morgan fingerprint density at radius 3 is 2.60 bits per heavy atom. The van der Waals surface area contributed by atoms with E-state index in [9.17, 15) is 5.11 Å². The number of aromatic hydroxyl groups is 1. The van der Waals surface area contributed by atoms with Crippen molar-refractivity contribution >= 4 is 11.6 Å². The summed E-state index contributed by atoms with van der Waals surface area (Å²) < 4.78 is 5.80. The van der Waals surface area contributed by atoms with Gasteiger partial charge < -0.3 is 9.84 Å². The molecule has 1 aliphatic rings. The topological polar surface area (TPSA) is 29.5 Å². The fraction of sp³-hybridized carbons (Fsp3) is 0.500. The van der Waals surface area contributed by atoms with Crippen LogP contribution < -0.4 is 4.74 Å². The van der Waals surface area contributed by atoms with E-state index in [1.807, 2.05) is 0 Å². The fourth-order valence-electron chi connectivity index (χ4n) is 1.94. The minimum absolute atomic E-state index is 0.104. The molecule has 0 radical (unpaired) electrons. The van der Waals surface area contributed by atoms with Gasteiger partial charge in [-0.25, -0.2) is 0 Å². The number of phenolic OH excluding ortho intramolecular Hbond substituents is 1. The first-order chi connectivity index (χ1) is 7.25. The van der Waals surface area contributed by atoms with Gasteiger partial charge in [-0.15, -0.1) is 0 Å². The Kier molecular flexibility index (Phi) is 3.37. The van der Waals surface area contributed by atoms with Crippen molar-refractivity contribution in [3.8, 4) is 11.5 Å². The lowest BCUT2D eigenvalue weighted by atomic mass is 9.98. The van der Waals surface area contributed by atoms with E-state index in [1.165, 1.54) is 19.3 Å². The second kappa shape index (κ2) is 4.75. The maximum atomic E-state index is 9.26. The third-order valence-corrected chi connectivity index (χ3v) is 3.08. The summed E-state index contributed by atoms with van der Waals surface area (Å²) in [7, 11) is 0. The number of rotatable bonds is 2. The number of phenols is 1. The summed E-state index contributed by atoms with van der Waals surface area (Å²) in [4.78, 5) is 0. The standard InChI is InChI=1S/C12H15ClO2/c13-11-8-10(6-7-12(11)14)15-9-4-2-1-3-5-9/h6-9,14H,1-5H2. The molecule has 1 fully saturated rings. The molecule has 0 atom stereocenters. The molecule has 0 unspecified atom stereocenters. The van der Waals surface area contributed by atoms with Crippen LogP contribution in [0.5, 0.6) is 11.5 Å². The normalized spacial score (nSPS) is 17.7. The molecular formula is C12H15ClO2. The Hall–Kier alpha value is -0.890. The van der Waals surface area contributed by atoms with E-state index in [0.29, 0.717) is 11.1 Å². The SMILES string of the molecule is Oc1ccc(OC2CCCCC2)cc1Cl. The summed E-state index contributed by atoms with van der Waals surface area (Å²) in [5, 5.41) is 9.61. The third kappa shape index (κ3) is 2.78. The van der Waals surface area contributed by atoms with E-state index < -0.39 is 0 Å². The van der Waals surface area contributed by atoms with E-state index in [-0.39, 0.29) is 5.75 Å². The van der Waals surface area contributed by atoms with Crippen LogP contribution >= 0.6 is 11.6 Å². The molecule has 2 rings (SSSR count). The first kappa shape index (κ1) is 10.6. The summed E-state index contributed by atoms with van der Waals surface area (Å²) in [6, 6.07) is 5.00. The Labute approximate surface area is 94.8 Å². The van der Waals surface area contributed by atoms with Gasteiger partial charge in [0.25, 0.3) is 0 Å². The van der Waals surface area contributed by atoms with Gasteiger partial charge in [-0.05, 0) is 37.8 Å². The summed E-state index contributed by atoms with van der Waals surface area (Å²) in [5.74, 6) is 0.859. The molecule has 0 bridgehead atoms. The number of hydrogen-bond donors (Lipinski definition) is 1. The van der Waals surface area contributed by atoms with Crippen molar-refractivity contribution in [3.63, 3.8) is 0 Å². The predicted octanol–water partition coefficient (Wildman–Crippen LogP) is 3.76. The second-order valence-corrected chi connectivity index (χ2v) is 4.40. The van der Waals surface area contributed by atoms with Gasteiger partial charge in [-0.1, -0.05) is 18.0 Å². The zero-order valence-corrected chi connectivity index (χ0v) is 9.33. The molecule has 1 N–H and O–H groups in total. The molecule has 0 amide bonds. The lowest BCUT2D eigenvalue weighted by Crippen LogP contribution is -2.19. The van der Waals surface area contributed by atoms with Crippen LogP contribution in [0.15, 0.2) is 18.2 Å². The molecule has 1 aromatic rings.